The molecule has 4 N–H and O–H groups in total. The number of nitrogen functional groups attached to an aromatic ring is 1. The molecule has 0 saturated heterocycles. The third kappa shape index (κ3) is 3.68. The largest absolute Gasteiger partial charge is 0.390 e. The van der Waals surface area contributed by atoms with Gasteiger partial charge in [-0.25, -0.2) is 4.98 Å². The lowest BCUT2D eigenvalue weighted by Crippen LogP contribution is -2.20. The molecule has 0 aliphatic rings. The van der Waals surface area contributed by atoms with Crippen LogP contribution < -0.4 is 11.3 Å². The summed E-state index contributed by atoms with van der Waals surface area (Å²) in [6, 6.07) is 10.2. The van der Waals surface area contributed by atoms with Crippen molar-refractivity contribution in [1.29, 1.82) is 0 Å². The van der Waals surface area contributed by atoms with Crippen molar-refractivity contribution in [2.45, 2.75) is 32.3 Å². The predicted octanol–water partition coefficient (Wildman–Crippen LogP) is 1.41. The maximum atomic E-state index is 11.8. The Morgan fingerprint density at radius 2 is 1.85 bits per heavy atom. The summed E-state index contributed by atoms with van der Waals surface area (Å²) in [5.74, 6) is 0.0482. The fraction of sp³-hybridized carbons (Fsp3) is 0.333. The Labute approximate surface area is 117 Å². The van der Waals surface area contributed by atoms with Crippen LogP contribution >= 0.6 is 0 Å². The number of anilines is 1. The highest BCUT2D eigenvalue weighted by Crippen LogP contribution is 2.09. The molecule has 1 aromatic carbocycles. The molecule has 0 aliphatic heterocycles. The highest BCUT2D eigenvalue weighted by molar-refractivity contribution is 5.25. The van der Waals surface area contributed by atoms with Crippen molar-refractivity contribution in [3.05, 3.63) is 57.5 Å². The van der Waals surface area contributed by atoms with Crippen LogP contribution in [-0.4, -0.2) is 15.1 Å². The first kappa shape index (κ1) is 14.3. The van der Waals surface area contributed by atoms with Crippen molar-refractivity contribution in [1.82, 2.24) is 9.97 Å². The van der Waals surface area contributed by atoms with E-state index < -0.39 is 0 Å². The zero-order valence-electron chi connectivity index (χ0n) is 11.3. The second-order valence-electron chi connectivity index (χ2n) is 4.73. The second kappa shape index (κ2) is 6.86. The van der Waals surface area contributed by atoms with Gasteiger partial charge < -0.3 is 10.8 Å². The minimum Gasteiger partial charge on any atom is -0.390 e. The van der Waals surface area contributed by atoms with Crippen LogP contribution in [-0.2, 0) is 19.4 Å². The number of rotatable bonds is 6. The maximum absolute atomic E-state index is 11.8. The molecule has 2 rings (SSSR count). The van der Waals surface area contributed by atoms with E-state index in [0.717, 1.165) is 19.3 Å². The standard InChI is InChI=1S/C15H19N3O2/c16-15-17-13(10-19)12(14(20)18-15)9-5-4-8-11-6-2-1-3-7-11/h1-3,6-7,19H,4-5,8-10H2,(H3,16,17,18,20). The molecule has 5 nitrogen and oxygen atoms in total. The van der Waals surface area contributed by atoms with Crippen LogP contribution in [0.1, 0.15) is 29.7 Å². The Morgan fingerprint density at radius 1 is 1.15 bits per heavy atom. The minimum absolute atomic E-state index is 0.0482. The Morgan fingerprint density at radius 3 is 2.55 bits per heavy atom. The van der Waals surface area contributed by atoms with Crippen LogP contribution in [0.4, 0.5) is 5.95 Å². The fourth-order valence-electron chi connectivity index (χ4n) is 2.23. The van der Waals surface area contributed by atoms with Crippen molar-refractivity contribution in [3.63, 3.8) is 0 Å². The van der Waals surface area contributed by atoms with Crippen molar-refractivity contribution in [2.75, 3.05) is 5.73 Å². The summed E-state index contributed by atoms with van der Waals surface area (Å²) in [6.45, 7) is -0.262. The highest BCUT2D eigenvalue weighted by atomic mass is 16.3. The number of nitrogens with one attached hydrogen (secondary N) is 1. The van der Waals surface area contributed by atoms with E-state index in [9.17, 15) is 9.90 Å². The molecule has 5 heteroatoms. The van der Waals surface area contributed by atoms with Crippen LogP contribution in [0, 0.1) is 0 Å². The summed E-state index contributed by atoms with van der Waals surface area (Å²) >= 11 is 0. The normalized spacial score (nSPS) is 10.7. The fourth-order valence-corrected chi connectivity index (χ4v) is 2.23. The van der Waals surface area contributed by atoms with Crippen LogP contribution in [0.5, 0.6) is 0 Å². The van der Waals surface area contributed by atoms with Crippen LogP contribution in [0.15, 0.2) is 35.1 Å². The Balaban J connectivity index is 1.93. The molecule has 0 unspecified atom stereocenters. The summed E-state index contributed by atoms with van der Waals surface area (Å²) in [6.07, 6.45) is 3.44. The number of unbranched alkanes of at least 4 members (excludes halogenated alkanes) is 1. The number of benzene rings is 1. The van der Waals surface area contributed by atoms with Crippen LogP contribution in [0.3, 0.4) is 0 Å². The van der Waals surface area contributed by atoms with E-state index in [1.54, 1.807) is 0 Å². The second-order valence-corrected chi connectivity index (χ2v) is 4.73. The lowest BCUT2D eigenvalue weighted by atomic mass is 10.0. The topological polar surface area (TPSA) is 92.0 Å². The van der Waals surface area contributed by atoms with E-state index in [-0.39, 0.29) is 18.1 Å². The van der Waals surface area contributed by atoms with Crippen molar-refractivity contribution >= 4 is 5.95 Å². The van der Waals surface area contributed by atoms with Crippen molar-refractivity contribution in [2.24, 2.45) is 0 Å². The number of nitrogens with zero attached hydrogens (tertiary/aromatic N) is 1. The average molecular weight is 273 g/mol. The van der Waals surface area contributed by atoms with Gasteiger partial charge in [-0.15, -0.1) is 0 Å². The first-order valence-corrected chi connectivity index (χ1v) is 6.73. The quantitative estimate of drug-likeness (QED) is 0.694. The number of aliphatic hydroxyl groups excluding tert-OH is 1. The zero-order chi connectivity index (χ0) is 14.4. The molecule has 0 radical (unpaired) electrons. The molecular formula is C15H19N3O2. The summed E-state index contributed by atoms with van der Waals surface area (Å²) in [4.78, 5) is 18.2. The third-order valence-electron chi connectivity index (χ3n) is 3.25. The molecule has 0 spiro atoms. The molecule has 20 heavy (non-hydrogen) atoms. The molecule has 0 aliphatic carbocycles. The van der Waals surface area contributed by atoms with Gasteiger partial charge in [0.05, 0.1) is 12.3 Å². The molecule has 0 fully saturated rings. The van der Waals surface area contributed by atoms with Gasteiger partial charge in [-0.05, 0) is 31.2 Å². The molecule has 1 heterocycles. The molecule has 2 aromatic rings. The molecule has 0 atom stereocenters. The minimum atomic E-state index is -0.262. The first-order chi connectivity index (χ1) is 9.70. The van der Waals surface area contributed by atoms with Gasteiger partial charge in [-0.3, -0.25) is 9.78 Å². The maximum Gasteiger partial charge on any atom is 0.255 e. The molecule has 0 bridgehead atoms. The van der Waals surface area contributed by atoms with E-state index in [1.165, 1.54) is 5.56 Å². The lowest BCUT2D eigenvalue weighted by molar-refractivity contribution is 0.275. The van der Waals surface area contributed by atoms with Crippen LogP contribution in [0.2, 0.25) is 0 Å². The summed E-state index contributed by atoms with van der Waals surface area (Å²) < 4.78 is 0. The smallest absolute Gasteiger partial charge is 0.255 e. The Hall–Kier alpha value is -2.14. The summed E-state index contributed by atoms with van der Waals surface area (Å²) in [7, 11) is 0. The van der Waals surface area contributed by atoms with Gasteiger partial charge in [-0.2, -0.15) is 0 Å². The summed E-state index contributed by atoms with van der Waals surface area (Å²) in [5.41, 5.74) is 7.42. The van der Waals surface area contributed by atoms with Gasteiger partial charge in [0.1, 0.15) is 0 Å². The first-order valence-electron chi connectivity index (χ1n) is 6.73. The molecule has 1 aromatic heterocycles. The van der Waals surface area contributed by atoms with Gasteiger partial charge in [-0.1, -0.05) is 30.3 Å². The zero-order valence-corrected chi connectivity index (χ0v) is 11.3. The van der Waals surface area contributed by atoms with E-state index in [4.69, 9.17) is 5.73 Å². The molecule has 106 valence electrons. The predicted molar refractivity (Wildman–Crippen MR) is 78.3 cm³/mol. The Bertz CT molecular complexity index is 608. The number of aliphatic hydroxyl groups is 1. The van der Waals surface area contributed by atoms with E-state index in [1.807, 2.05) is 18.2 Å². The van der Waals surface area contributed by atoms with Crippen molar-refractivity contribution in [3.8, 4) is 0 Å². The average Bonchev–Trinajstić information content (AvgIpc) is 2.45. The van der Waals surface area contributed by atoms with Gasteiger partial charge in [0.2, 0.25) is 5.95 Å². The van der Waals surface area contributed by atoms with E-state index in [0.29, 0.717) is 17.7 Å². The number of aromatic amines is 1. The monoisotopic (exact) mass is 273 g/mol. The van der Waals surface area contributed by atoms with E-state index in [2.05, 4.69) is 22.1 Å². The van der Waals surface area contributed by atoms with Gasteiger partial charge in [0.15, 0.2) is 0 Å². The third-order valence-corrected chi connectivity index (χ3v) is 3.25. The van der Waals surface area contributed by atoms with Crippen molar-refractivity contribution < 1.29 is 5.11 Å². The SMILES string of the molecule is Nc1nc(CO)c(CCCCc2ccccc2)c(=O)[nH]1. The number of aromatic nitrogens is 2. The molecule has 0 amide bonds. The van der Waals surface area contributed by atoms with Gasteiger partial charge in [0.25, 0.3) is 5.56 Å². The highest BCUT2D eigenvalue weighted by Gasteiger charge is 2.09. The Kier molecular flexibility index (Phi) is 4.90. The van der Waals surface area contributed by atoms with E-state index >= 15 is 0 Å². The summed E-state index contributed by atoms with van der Waals surface area (Å²) in [5, 5.41) is 9.23. The molecular weight excluding hydrogens is 254 g/mol. The lowest BCUT2D eigenvalue weighted by Gasteiger charge is -2.06. The molecule has 0 saturated carbocycles. The number of nitrogens with two attached hydrogens (primary N) is 1. The van der Waals surface area contributed by atoms with Gasteiger partial charge >= 0.3 is 0 Å². The van der Waals surface area contributed by atoms with Gasteiger partial charge in [0, 0.05) is 5.56 Å². The van der Waals surface area contributed by atoms with Crippen LogP contribution in [0.25, 0.3) is 0 Å². The number of hydrogen-bond donors (Lipinski definition) is 3. The number of aryl methyl sites for hydroxylation is 1. The number of hydrogen-bond acceptors (Lipinski definition) is 4. The number of H-pyrrole nitrogens is 1.